The Labute approximate surface area is 186 Å². The quantitative estimate of drug-likeness (QED) is 0.741. The normalized spacial score (nSPS) is 26.4. The van der Waals surface area contributed by atoms with Gasteiger partial charge in [-0.1, -0.05) is 61.0 Å². The third kappa shape index (κ3) is 3.98. The van der Waals surface area contributed by atoms with Gasteiger partial charge in [-0.2, -0.15) is 0 Å². The minimum Gasteiger partial charge on any atom is -0.331 e. The minimum atomic E-state index is 0.0725. The predicted molar refractivity (Wildman–Crippen MR) is 125 cm³/mol. The van der Waals surface area contributed by atoms with Crippen LogP contribution < -0.4 is 5.32 Å². The Morgan fingerprint density at radius 2 is 2.03 bits per heavy atom. The Morgan fingerprint density at radius 3 is 2.87 bits per heavy atom. The van der Waals surface area contributed by atoms with Crippen molar-refractivity contribution >= 4 is 6.03 Å². The first-order valence-electron chi connectivity index (χ1n) is 12.1. The summed E-state index contributed by atoms with van der Waals surface area (Å²) in [7, 11) is 0. The highest BCUT2D eigenvalue weighted by Crippen LogP contribution is 2.42. The molecule has 2 aromatic rings. The molecule has 2 aromatic carbocycles. The van der Waals surface area contributed by atoms with Crippen LogP contribution in [0.25, 0.3) is 0 Å². The highest BCUT2D eigenvalue weighted by atomic mass is 16.2. The van der Waals surface area contributed by atoms with Crippen LogP contribution in [-0.4, -0.2) is 41.5 Å². The van der Waals surface area contributed by atoms with E-state index in [1.165, 1.54) is 28.7 Å². The number of aryl methyl sites for hydroxylation is 1. The zero-order chi connectivity index (χ0) is 21.4. The molecule has 2 saturated heterocycles. The summed E-state index contributed by atoms with van der Waals surface area (Å²) in [6.07, 6.45) is 5.49. The molecule has 3 aliphatic rings. The average molecular weight is 418 g/mol. The van der Waals surface area contributed by atoms with Gasteiger partial charge in [0.25, 0.3) is 0 Å². The molecule has 0 bridgehead atoms. The third-order valence-corrected chi connectivity index (χ3v) is 7.79. The van der Waals surface area contributed by atoms with E-state index in [0.717, 1.165) is 45.3 Å². The van der Waals surface area contributed by atoms with E-state index in [-0.39, 0.29) is 12.1 Å². The van der Waals surface area contributed by atoms with Gasteiger partial charge in [-0.15, -0.1) is 0 Å². The maximum Gasteiger partial charge on any atom is 0.318 e. The number of rotatable bonds is 3. The van der Waals surface area contributed by atoms with Crippen LogP contribution in [-0.2, 0) is 6.42 Å². The summed E-state index contributed by atoms with van der Waals surface area (Å²) in [4.78, 5) is 18.4. The molecular formula is C27H35N3O. The van der Waals surface area contributed by atoms with E-state index in [1.807, 2.05) is 0 Å². The standard InChI is InChI=1S/C27H35N3O/c1-3-24(21-10-6-8-19(2)16-21)28-27(31)30-14-7-11-22-18-29-15-13-20-9-4-5-12-23(20)26(29)17-25(22)30/h4-6,8-10,12,16,22,24-26H,3,7,11,13-15,17-18H2,1-2H3,(H,28,31)/t22-,24+,25+,26+/m0/s1. The molecule has 3 aliphatic heterocycles. The van der Waals surface area contributed by atoms with E-state index in [4.69, 9.17) is 0 Å². The lowest BCUT2D eigenvalue weighted by atomic mass is 9.77. The van der Waals surface area contributed by atoms with Gasteiger partial charge in [0.05, 0.1) is 6.04 Å². The van der Waals surface area contributed by atoms with E-state index >= 15 is 0 Å². The molecule has 4 heteroatoms. The molecule has 4 nitrogen and oxygen atoms in total. The van der Waals surface area contributed by atoms with E-state index in [0.29, 0.717) is 18.0 Å². The monoisotopic (exact) mass is 417 g/mol. The van der Waals surface area contributed by atoms with Gasteiger partial charge < -0.3 is 10.2 Å². The molecule has 0 spiro atoms. The Hall–Kier alpha value is -2.33. The lowest BCUT2D eigenvalue weighted by molar-refractivity contribution is 0.00521. The largest absolute Gasteiger partial charge is 0.331 e. The van der Waals surface area contributed by atoms with Gasteiger partial charge in [0, 0.05) is 31.7 Å². The number of amides is 2. The van der Waals surface area contributed by atoms with Crippen molar-refractivity contribution in [2.45, 2.75) is 64.1 Å². The molecule has 0 aromatic heterocycles. The molecule has 0 saturated carbocycles. The molecule has 0 aliphatic carbocycles. The van der Waals surface area contributed by atoms with E-state index in [9.17, 15) is 4.79 Å². The minimum absolute atomic E-state index is 0.0725. The molecule has 5 rings (SSSR count). The number of likely N-dealkylation sites (tertiary alicyclic amines) is 1. The van der Waals surface area contributed by atoms with Crippen LogP contribution in [0.4, 0.5) is 4.79 Å². The highest BCUT2D eigenvalue weighted by molar-refractivity contribution is 5.75. The number of hydrogen-bond donors (Lipinski definition) is 1. The summed E-state index contributed by atoms with van der Waals surface area (Å²) in [5.41, 5.74) is 5.44. The van der Waals surface area contributed by atoms with Crippen LogP contribution in [0, 0.1) is 12.8 Å². The first-order valence-corrected chi connectivity index (χ1v) is 12.1. The summed E-state index contributed by atoms with van der Waals surface area (Å²) in [6.45, 7) is 7.43. The second-order valence-corrected chi connectivity index (χ2v) is 9.68. The number of fused-ring (bicyclic) bond motifs is 4. The van der Waals surface area contributed by atoms with Crippen LogP contribution in [0.5, 0.6) is 0 Å². The van der Waals surface area contributed by atoms with Crippen molar-refractivity contribution in [1.29, 1.82) is 0 Å². The first-order chi connectivity index (χ1) is 15.1. The Kier molecular flexibility index (Phi) is 5.75. The number of carbonyl (C=O) groups excluding carboxylic acids is 1. The smallest absolute Gasteiger partial charge is 0.318 e. The van der Waals surface area contributed by atoms with Crippen molar-refractivity contribution in [3.05, 3.63) is 70.8 Å². The summed E-state index contributed by atoms with van der Waals surface area (Å²) in [5, 5.41) is 3.38. The van der Waals surface area contributed by atoms with Crippen molar-refractivity contribution in [3.8, 4) is 0 Å². The van der Waals surface area contributed by atoms with Gasteiger partial charge >= 0.3 is 6.03 Å². The highest BCUT2D eigenvalue weighted by Gasteiger charge is 2.44. The summed E-state index contributed by atoms with van der Waals surface area (Å²) in [5.74, 6) is 0.597. The van der Waals surface area contributed by atoms with Gasteiger partial charge in [-0.3, -0.25) is 4.90 Å². The molecule has 1 N–H and O–H groups in total. The molecule has 164 valence electrons. The topological polar surface area (TPSA) is 35.6 Å². The van der Waals surface area contributed by atoms with Crippen LogP contribution in [0.2, 0.25) is 0 Å². The molecule has 2 amide bonds. The molecule has 31 heavy (non-hydrogen) atoms. The van der Waals surface area contributed by atoms with Crippen LogP contribution in [0.15, 0.2) is 48.5 Å². The average Bonchev–Trinajstić information content (AvgIpc) is 2.80. The molecule has 4 atom stereocenters. The van der Waals surface area contributed by atoms with Gasteiger partial charge in [0.2, 0.25) is 0 Å². The van der Waals surface area contributed by atoms with Gasteiger partial charge in [-0.05, 0) is 61.6 Å². The predicted octanol–water partition coefficient (Wildman–Crippen LogP) is 5.24. The lowest BCUT2D eigenvalue weighted by Gasteiger charge is -2.52. The molecule has 2 fully saturated rings. The van der Waals surface area contributed by atoms with Crippen LogP contribution in [0.1, 0.15) is 66.9 Å². The summed E-state index contributed by atoms with van der Waals surface area (Å²) >= 11 is 0. The van der Waals surface area contributed by atoms with Crippen LogP contribution >= 0.6 is 0 Å². The van der Waals surface area contributed by atoms with E-state index in [2.05, 4.69) is 77.5 Å². The SMILES string of the molecule is CC[C@@H](NC(=O)N1CCC[C@H]2CN3CCc4ccccc4[C@H]3C[C@H]21)c1cccc(C)c1. The molecule has 0 unspecified atom stereocenters. The molecule has 3 heterocycles. The Bertz CT molecular complexity index is 942. The maximum atomic E-state index is 13.5. The Balaban J connectivity index is 1.35. The van der Waals surface area contributed by atoms with Gasteiger partial charge in [-0.25, -0.2) is 4.79 Å². The van der Waals surface area contributed by atoms with Crippen LogP contribution in [0.3, 0.4) is 0 Å². The van der Waals surface area contributed by atoms with Gasteiger partial charge in [0.1, 0.15) is 0 Å². The van der Waals surface area contributed by atoms with Gasteiger partial charge in [0.15, 0.2) is 0 Å². The number of urea groups is 1. The summed E-state index contributed by atoms with van der Waals surface area (Å²) < 4.78 is 0. The first kappa shape index (κ1) is 20.6. The van der Waals surface area contributed by atoms with Crippen molar-refractivity contribution in [2.24, 2.45) is 5.92 Å². The van der Waals surface area contributed by atoms with E-state index < -0.39 is 0 Å². The van der Waals surface area contributed by atoms with Crippen molar-refractivity contribution < 1.29 is 4.79 Å². The van der Waals surface area contributed by atoms with Crippen molar-refractivity contribution in [3.63, 3.8) is 0 Å². The second kappa shape index (κ2) is 8.66. The lowest BCUT2D eigenvalue weighted by Crippen LogP contribution is -2.59. The fourth-order valence-corrected chi connectivity index (χ4v) is 6.19. The molecular weight excluding hydrogens is 382 g/mol. The number of hydrogen-bond acceptors (Lipinski definition) is 2. The second-order valence-electron chi connectivity index (χ2n) is 9.68. The number of benzene rings is 2. The zero-order valence-electron chi connectivity index (χ0n) is 18.9. The van der Waals surface area contributed by atoms with E-state index in [1.54, 1.807) is 0 Å². The van der Waals surface area contributed by atoms with Crippen molar-refractivity contribution in [1.82, 2.24) is 15.1 Å². The fraction of sp³-hybridized carbons (Fsp3) is 0.519. The van der Waals surface area contributed by atoms with Crippen molar-refractivity contribution in [2.75, 3.05) is 19.6 Å². The summed E-state index contributed by atoms with van der Waals surface area (Å²) in [6, 6.07) is 18.5. The number of carbonyl (C=O) groups is 1. The third-order valence-electron chi connectivity index (χ3n) is 7.79. The fourth-order valence-electron chi connectivity index (χ4n) is 6.19. The number of piperidine rings is 2. The number of nitrogens with zero attached hydrogens (tertiary/aromatic N) is 2. The molecule has 0 radical (unpaired) electrons. The maximum absolute atomic E-state index is 13.5. The zero-order valence-corrected chi connectivity index (χ0v) is 18.9. The number of nitrogens with one attached hydrogen (secondary N) is 1. The Morgan fingerprint density at radius 1 is 1.16 bits per heavy atom.